The summed E-state index contributed by atoms with van der Waals surface area (Å²) in [6.45, 7) is 7.86. The van der Waals surface area contributed by atoms with Gasteiger partial charge in [0.05, 0.1) is 0 Å². The highest BCUT2D eigenvalue weighted by Crippen LogP contribution is 2.19. The molecule has 4 N–H and O–H groups in total. The average Bonchev–Trinajstić information content (AvgIpc) is 2.92. The number of rotatable bonds is 6. The van der Waals surface area contributed by atoms with Gasteiger partial charge >= 0.3 is 6.03 Å². The molecule has 1 aromatic carbocycles. The molecule has 1 aromatic rings. The highest BCUT2D eigenvalue weighted by Gasteiger charge is 2.26. The lowest BCUT2D eigenvalue weighted by Crippen LogP contribution is -2.52. The second kappa shape index (κ2) is 7.00. The number of carbonyl (C=O) groups is 2. The molecule has 23 heavy (non-hydrogen) atoms. The second-order valence-electron chi connectivity index (χ2n) is 6.75. The standard InChI is InChI=1S/C17H26N4O2/c1-12(2)10-17(3,11-18)20-15(22)13-4-6-14(7-5-13)21-9-8-19-16(21)23/h4-7,12H,8-11,18H2,1-3H3,(H,19,23)(H,20,22). The summed E-state index contributed by atoms with van der Waals surface area (Å²) in [6.07, 6.45) is 0.821. The van der Waals surface area contributed by atoms with E-state index < -0.39 is 5.54 Å². The fourth-order valence-electron chi connectivity index (χ4n) is 2.94. The van der Waals surface area contributed by atoms with Crippen molar-refractivity contribution in [3.05, 3.63) is 29.8 Å². The Morgan fingerprint density at radius 3 is 2.52 bits per heavy atom. The van der Waals surface area contributed by atoms with Crippen molar-refractivity contribution in [3.8, 4) is 0 Å². The average molecular weight is 318 g/mol. The summed E-state index contributed by atoms with van der Waals surface area (Å²) in [7, 11) is 0. The van der Waals surface area contributed by atoms with Gasteiger partial charge in [-0.25, -0.2) is 4.79 Å². The SMILES string of the molecule is CC(C)CC(C)(CN)NC(=O)c1ccc(N2CCNC2=O)cc1. The molecule has 1 aliphatic rings. The van der Waals surface area contributed by atoms with Crippen molar-refractivity contribution >= 4 is 17.6 Å². The maximum Gasteiger partial charge on any atom is 0.321 e. The summed E-state index contributed by atoms with van der Waals surface area (Å²) >= 11 is 0. The highest BCUT2D eigenvalue weighted by atomic mass is 16.2. The van der Waals surface area contributed by atoms with Crippen LogP contribution in [0.1, 0.15) is 37.6 Å². The Morgan fingerprint density at radius 2 is 2.04 bits per heavy atom. The summed E-state index contributed by atoms with van der Waals surface area (Å²) in [5.74, 6) is 0.302. The van der Waals surface area contributed by atoms with Crippen LogP contribution in [-0.4, -0.2) is 37.1 Å². The molecule has 1 aliphatic heterocycles. The Morgan fingerprint density at radius 1 is 1.39 bits per heavy atom. The van der Waals surface area contributed by atoms with Gasteiger partial charge in [0.15, 0.2) is 0 Å². The smallest absolute Gasteiger partial charge is 0.321 e. The van der Waals surface area contributed by atoms with E-state index in [1.54, 1.807) is 29.2 Å². The van der Waals surface area contributed by atoms with Gasteiger partial charge in [0, 0.05) is 36.4 Å². The number of hydrogen-bond acceptors (Lipinski definition) is 3. The molecule has 0 spiro atoms. The number of urea groups is 1. The second-order valence-corrected chi connectivity index (χ2v) is 6.75. The van der Waals surface area contributed by atoms with Crippen LogP contribution in [0.3, 0.4) is 0 Å². The molecule has 126 valence electrons. The molecule has 1 heterocycles. The minimum absolute atomic E-state index is 0.102. The van der Waals surface area contributed by atoms with Crippen molar-refractivity contribution in [2.24, 2.45) is 11.7 Å². The molecule has 1 atom stereocenters. The number of hydrogen-bond donors (Lipinski definition) is 3. The van der Waals surface area contributed by atoms with Gasteiger partial charge < -0.3 is 16.4 Å². The maximum absolute atomic E-state index is 12.4. The summed E-state index contributed by atoms with van der Waals surface area (Å²) in [6, 6.07) is 6.96. The van der Waals surface area contributed by atoms with Gasteiger partial charge in [-0.1, -0.05) is 13.8 Å². The fourth-order valence-corrected chi connectivity index (χ4v) is 2.94. The molecular formula is C17H26N4O2. The molecule has 1 fully saturated rings. The van der Waals surface area contributed by atoms with Crippen molar-refractivity contribution in [2.75, 3.05) is 24.5 Å². The van der Waals surface area contributed by atoms with Gasteiger partial charge in [0.1, 0.15) is 0 Å². The van der Waals surface area contributed by atoms with Crippen molar-refractivity contribution in [3.63, 3.8) is 0 Å². The number of amides is 3. The zero-order valence-corrected chi connectivity index (χ0v) is 14.1. The Hall–Kier alpha value is -2.08. The molecular weight excluding hydrogens is 292 g/mol. The Bertz CT molecular complexity index is 570. The third-order valence-electron chi connectivity index (χ3n) is 4.02. The summed E-state index contributed by atoms with van der Waals surface area (Å²) in [5, 5.41) is 5.79. The number of nitrogens with zero attached hydrogens (tertiary/aromatic N) is 1. The van der Waals surface area contributed by atoms with Gasteiger partial charge in [-0.05, 0) is 43.5 Å². The molecule has 0 bridgehead atoms. The van der Waals surface area contributed by atoms with E-state index in [0.29, 0.717) is 31.1 Å². The van der Waals surface area contributed by atoms with E-state index in [4.69, 9.17) is 5.73 Å². The van der Waals surface area contributed by atoms with Gasteiger partial charge in [-0.2, -0.15) is 0 Å². The van der Waals surface area contributed by atoms with Gasteiger partial charge in [-0.15, -0.1) is 0 Å². The van der Waals surface area contributed by atoms with E-state index in [2.05, 4.69) is 24.5 Å². The largest absolute Gasteiger partial charge is 0.346 e. The van der Waals surface area contributed by atoms with Crippen molar-refractivity contribution < 1.29 is 9.59 Å². The Kier molecular flexibility index (Phi) is 5.26. The van der Waals surface area contributed by atoms with E-state index in [1.807, 2.05) is 6.92 Å². The molecule has 2 rings (SSSR count). The first-order valence-corrected chi connectivity index (χ1v) is 8.02. The van der Waals surface area contributed by atoms with Crippen LogP contribution in [0.5, 0.6) is 0 Å². The highest BCUT2D eigenvalue weighted by molar-refractivity contribution is 5.97. The lowest BCUT2D eigenvalue weighted by Gasteiger charge is -2.31. The summed E-state index contributed by atoms with van der Waals surface area (Å²) < 4.78 is 0. The molecule has 0 radical (unpaired) electrons. The minimum Gasteiger partial charge on any atom is -0.346 e. The van der Waals surface area contributed by atoms with Crippen LogP contribution in [0, 0.1) is 5.92 Å². The van der Waals surface area contributed by atoms with E-state index in [-0.39, 0.29) is 11.9 Å². The minimum atomic E-state index is -0.418. The monoisotopic (exact) mass is 318 g/mol. The molecule has 1 unspecified atom stereocenters. The van der Waals surface area contributed by atoms with Crippen LogP contribution in [0.15, 0.2) is 24.3 Å². The lowest BCUT2D eigenvalue weighted by atomic mass is 9.90. The number of carbonyl (C=O) groups excluding carboxylic acids is 2. The first kappa shape index (κ1) is 17.3. The summed E-state index contributed by atoms with van der Waals surface area (Å²) in [5.41, 5.74) is 6.78. The number of benzene rings is 1. The van der Waals surface area contributed by atoms with E-state index in [9.17, 15) is 9.59 Å². The molecule has 0 saturated carbocycles. The molecule has 6 nitrogen and oxygen atoms in total. The third kappa shape index (κ3) is 4.22. The number of nitrogens with two attached hydrogens (primary N) is 1. The topological polar surface area (TPSA) is 87.5 Å². The molecule has 1 saturated heterocycles. The zero-order chi connectivity index (χ0) is 17.0. The van der Waals surface area contributed by atoms with Gasteiger partial charge in [0.25, 0.3) is 5.91 Å². The van der Waals surface area contributed by atoms with Crippen LogP contribution >= 0.6 is 0 Å². The van der Waals surface area contributed by atoms with Crippen LogP contribution in [0.4, 0.5) is 10.5 Å². The predicted molar refractivity (Wildman–Crippen MR) is 91.6 cm³/mol. The zero-order valence-electron chi connectivity index (χ0n) is 14.1. The van der Waals surface area contributed by atoms with E-state index in [0.717, 1.165) is 12.1 Å². The van der Waals surface area contributed by atoms with Crippen molar-refractivity contribution in [2.45, 2.75) is 32.7 Å². The predicted octanol–water partition coefficient (Wildman–Crippen LogP) is 1.71. The number of nitrogens with one attached hydrogen (secondary N) is 2. The van der Waals surface area contributed by atoms with Crippen LogP contribution in [-0.2, 0) is 0 Å². The van der Waals surface area contributed by atoms with E-state index in [1.165, 1.54) is 0 Å². The van der Waals surface area contributed by atoms with Gasteiger partial charge in [0.2, 0.25) is 0 Å². The van der Waals surface area contributed by atoms with Crippen LogP contribution in [0.25, 0.3) is 0 Å². The van der Waals surface area contributed by atoms with Crippen LogP contribution < -0.4 is 21.3 Å². The molecule has 3 amide bonds. The molecule has 0 aliphatic carbocycles. The van der Waals surface area contributed by atoms with Crippen LogP contribution in [0.2, 0.25) is 0 Å². The lowest BCUT2D eigenvalue weighted by molar-refractivity contribution is 0.0898. The summed E-state index contributed by atoms with van der Waals surface area (Å²) in [4.78, 5) is 25.7. The fraction of sp³-hybridized carbons (Fsp3) is 0.529. The maximum atomic E-state index is 12.4. The molecule has 0 aromatic heterocycles. The normalized spacial score (nSPS) is 17.1. The molecule has 6 heteroatoms. The quantitative estimate of drug-likeness (QED) is 0.746. The Labute approximate surface area is 137 Å². The Balaban J connectivity index is 2.06. The third-order valence-corrected chi connectivity index (χ3v) is 4.02. The van der Waals surface area contributed by atoms with Gasteiger partial charge in [-0.3, -0.25) is 9.69 Å². The van der Waals surface area contributed by atoms with E-state index >= 15 is 0 Å². The first-order valence-electron chi connectivity index (χ1n) is 8.02. The van der Waals surface area contributed by atoms with Crippen molar-refractivity contribution in [1.29, 1.82) is 0 Å². The number of anilines is 1. The van der Waals surface area contributed by atoms with Crippen molar-refractivity contribution in [1.82, 2.24) is 10.6 Å². The first-order chi connectivity index (χ1) is 10.8.